The van der Waals surface area contributed by atoms with E-state index in [0.29, 0.717) is 11.9 Å². The highest BCUT2D eigenvalue weighted by Crippen LogP contribution is 2.33. The Morgan fingerprint density at radius 3 is 2.57 bits per heavy atom. The molecule has 0 radical (unpaired) electrons. The van der Waals surface area contributed by atoms with Crippen LogP contribution in [-0.4, -0.2) is 40.1 Å². The molecule has 3 N–H and O–H groups in total. The van der Waals surface area contributed by atoms with Gasteiger partial charge in [0.1, 0.15) is 11.6 Å². The molecule has 6 nitrogen and oxygen atoms in total. The van der Waals surface area contributed by atoms with Gasteiger partial charge in [0.2, 0.25) is 0 Å². The molecule has 2 heterocycles. The molecule has 30 heavy (non-hydrogen) atoms. The Labute approximate surface area is 170 Å². The number of aryl methyl sites for hydroxylation is 1. The molecule has 2 unspecified atom stereocenters. The summed E-state index contributed by atoms with van der Waals surface area (Å²) in [7, 11) is 0. The predicted octanol–water partition coefficient (Wildman–Crippen LogP) is 3.55. The number of halogens is 4. The summed E-state index contributed by atoms with van der Waals surface area (Å²) in [5, 5.41) is 9.80. The Balaban J connectivity index is 1.83. The first kappa shape index (κ1) is 21.7. The molecule has 2 aromatic rings. The van der Waals surface area contributed by atoms with Gasteiger partial charge in [-0.25, -0.2) is 15.2 Å². The largest absolute Gasteiger partial charge is 0.419 e. The van der Waals surface area contributed by atoms with Crippen LogP contribution in [0.1, 0.15) is 35.0 Å². The smallest absolute Gasteiger partial charge is 0.330 e. The second-order valence-electron chi connectivity index (χ2n) is 7.14. The fourth-order valence-electron chi connectivity index (χ4n) is 3.53. The van der Waals surface area contributed by atoms with Gasteiger partial charge in [-0.05, 0) is 44.5 Å². The van der Waals surface area contributed by atoms with Gasteiger partial charge in [-0.2, -0.15) is 13.2 Å². The maximum atomic E-state index is 14.4. The molecule has 1 aliphatic heterocycles. The summed E-state index contributed by atoms with van der Waals surface area (Å²) in [6, 6.07) is 6.54. The summed E-state index contributed by atoms with van der Waals surface area (Å²) in [5.74, 6) is 4.11. The zero-order chi connectivity index (χ0) is 22.2. The number of hydrogen-bond donors (Lipinski definition) is 2. The highest BCUT2D eigenvalue weighted by molar-refractivity contribution is 6.02. The van der Waals surface area contributed by atoms with Crippen LogP contribution in [0, 0.1) is 18.2 Å². The fourth-order valence-corrected chi connectivity index (χ4v) is 3.53. The van der Waals surface area contributed by atoms with Gasteiger partial charge in [0.15, 0.2) is 0 Å². The van der Waals surface area contributed by atoms with Crippen molar-refractivity contribution in [3.8, 4) is 0 Å². The zero-order valence-corrected chi connectivity index (χ0v) is 16.4. The van der Waals surface area contributed by atoms with Crippen molar-refractivity contribution in [2.24, 2.45) is 5.84 Å². The molecule has 1 aromatic carbocycles. The van der Waals surface area contributed by atoms with E-state index in [4.69, 9.17) is 11.3 Å². The summed E-state index contributed by atoms with van der Waals surface area (Å²) in [6.45, 7) is 3.47. The number of aromatic nitrogens is 1. The zero-order valence-electron chi connectivity index (χ0n) is 16.4. The number of carbonyl (C=O) groups is 1. The van der Waals surface area contributed by atoms with E-state index >= 15 is 0 Å². The minimum atomic E-state index is -4.91. The molecule has 0 spiro atoms. The third-order valence-corrected chi connectivity index (χ3v) is 5.19. The first-order valence-corrected chi connectivity index (χ1v) is 9.25. The quantitative estimate of drug-likeness (QED) is 0.449. The summed E-state index contributed by atoms with van der Waals surface area (Å²) >= 11 is 0. The SMILES string of the molecule is Cc1cccc(N(N)C2CCN(C(=O)c3cccc(C(F)(F)F)c3F)C(C)C2=N)n1. The van der Waals surface area contributed by atoms with Crippen molar-refractivity contribution in [1.29, 1.82) is 5.41 Å². The summed E-state index contributed by atoms with van der Waals surface area (Å²) in [5.41, 5.74) is -1.33. The number of alkyl halides is 3. The molecular weight excluding hydrogens is 402 g/mol. The van der Waals surface area contributed by atoms with Gasteiger partial charge in [-0.3, -0.25) is 9.80 Å². The lowest BCUT2D eigenvalue weighted by atomic mass is 9.94. The molecule has 160 valence electrons. The molecular formula is C20H21F4N5O. The van der Waals surface area contributed by atoms with Crippen molar-refractivity contribution in [2.45, 2.75) is 38.5 Å². The third-order valence-electron chi connectivity index (χ3n) is 5.19. The molecule has 1 fully saturated rings. The van der Waals surface area contributed by atoms with E-state index in [1.54, 1.807) is 32.0 Å². The monoisotopic (exact) mass is 423 g/mol. The van der Waals surface area contributed by atoms with Crippen molar-refractivity contribution < 1.29 is 22.4 Å². The highest BCUT2D eigenvalue weighted by atomic mass is 19.4. The number of likely N-dealkylation sites (tertiary alicyclic amines) is 1. The van der Waals surface area contributed by atoms with E-state index in [2.05, 4.69) is 4.98 Å². The van der Waals surface area contributed by atoms with Crippen LogP contribution in [0.25, 0.3) is 0 Å². The van der Waals surface area contributed by atoms with E-state index in [0.717, 1.165) is 17.8 Å². The van der Waals surface area contributed by atoms with Gasteiger partial charge in [0.05, 0.1) is 28.9 Å². The number of rotatable bonds is 3. The van der Waals surface area contributed by atoms with Crippen molar-refractivity contribution in [1.82, 2.24) is 9.88 Å². The Bertz CT molecular complexity index is 978. The number of benzene rings is 1. The number of pyridine rings is 1. The molecule has 1 amide bonds. The van der Waals surface area contributed by atoms with Crippen LogP contribution in [0.5, 0.6) is 0 Å². The van der Waals surface area contributed by atoms with E-state index in [1.807, 2.05) is 0 Å². The first-order valence-electron chi connectivity index (χ1n) is 9.25. The number of hydrogen-bond acceptors (Lipinski definition) is 5. The highest BCUT2D eigenvalue weighted by Gasteiger charge is 2.40. The van der Waals surface area contributed by atoms with E-state index in [9.17, 15) is 22.4 Å². The van der Waals surface area contributed by atoms with E-state index in [1.165, 1.54) is 9.91 Å². The van der Waals surface area contributed by atoms with Gasteiger partial charge in [0.25, 0.3) is 5.91 Å². The molecule has 2 atom stereocenters. The van der Waals surface area contributed by atoms with Crippen LogP contribution in [0.4, 0.5) is 23.4 Å². The molecule has 3 rings (SSSR count). The number of hydrazine groups is 1. The van der Waals surface area contributed by atoms with Crippen LogP contribution in [0.15, 0.2) is 36.4 Å². The number of carbonyl (C=O) groups excluding carboxylic acids is 1. The molecule has 0 saturated carbocycles. The lowest BCUT2D eigenvalue weighted by Gasteiger charge is -2.41. The van der Waals surface area contributed by atoms with Crippen molar-refractivity contribution >= 4 is 17.4 Å². The normalized spacial score (nSPS) is 19.7. The number of anilines is 1. The Morgan fingerprint density at radius 1 is 1.27 bits per heavy atom. The van der Waals surface area contributed by atoms with E-state index < -0.39 is 41.1 Å². The van der Waals surface area contributed by atoms with Gasteiger partial charge in [0, 0.05) is 12.2 Å². The van der Waals surface area contributed by atoms with Crippen LogP contribution in [-0.2, 0) is 6.18 Å². The average molecular weight is 423 g/mol. The Hall–Kier alpha value is -3.01. The second kappa shape index (κ2) is 8.02. The number of nitrogens with zero attached hydrogens (tertiary/aromatic N) is 3. The van der Waals surface area contributed by atoms with Crippen molar-refractivity contribution in [3.63, 3.8) is 0 Å². The number of nitrogens with one attached hydrogen (secondary N) is 1. The van der Waals surface area contributed by atoms with Crippen molar-refractivity contribution in [3.05, 3.63) is 59.0 Å². The maximum absolute atomic E-state index is 14.4. The van der Waals surface area contributed by atoms with Crippen molar-refractivity contribution in [2.75, 3.05) is 11.6 Å². The molecule has 10 heteroatoms. The number of nitrogens with two attached hydrogens (primary N) is 1. The summed E-state index contributed by atoms with van der Waals surface area (Å²) in [4.78, 5) is 18.3. The Kier molecular flexibility index (Phi) is 5.80. The van der Waals surface area contributed by atoms with Gasteiger partial charge < -0.3 is 10.3 Å². The molecule has 1 aliphatic rings. The number of amides is 1. The minimum absolute atomic E-state index is 0.0905. The molecule has 1 aromatic heterocycles. The van der Waals surface area contributed by atoms with Crippen LogP contribution < -0.4 is 10.9 Å². The average Bonchev–Trinajstić information content (AvgIpc) is 2.68. The lowest BCUT2D eigenvalue weighted by Crippen LogP contribution is -2.59. The van der Waals surface area contributed by atoms with Crippen LogP contribution in [0.3, 0.4) is 0 Å². The van der Waals surface area contributed by atoms with Gasteiger partial charge >= 0.3 is 6.18 Å². The molecule has 0 bridgehead atoms. The summed E-state index contributed by atoms with van der Waals surface area (Å²) in [6.07, 6.45) is -4.66. The fraction of sp³-hybridized carbons (Fsp3) is 0.350. The van der Waals surface area contributed by atoms with Gasteiger partial charge in [-0.1, -0.05) is 12.1 Å². The topological polar surface area (TPSA) is 86.3 Å². The molecule has 1 saturated heterocycles. The van der Waals surface area contributed by atoms with Gasteiger partial charge in [-0.15, -0.1) is 0 Å². The van der Waals surface area contributed by atoms with Crippen LogP contribution in [0.2, 0.25) is 0 Å². The maximum Gasteiger partial charge on any atom is 0.419 e. The predicted molar refractivity (Wildman–Crippen MR) is 104 cm³/mol. The third kappa shape index (κ3) is 4.00. The Morgan fingerprint density at radius 2 is 1.93 bits per heavy atom. The lowest BCUT2D eigenvalue weighted by molar-refractivity contribution is -0.140. The first-order chi connectivity index (χ1) is 14.0. The minimum Gasteiger partial charge on any atom is -0.330 e. The number of piperidine rings is 1. The van der Waals surface area contributed by atoms with Crippen LogP contribution >= 0.6 is 0 Å². The van der Waals surface area contributed by atoms with E-state index in [-0.39, 0.29) is 18.7 Å². The standard InChI is InChI=1S/C20H21F4N5O/c1-11-5-3-8-16(27-11)29(26)15-9-10-28(12(2)18(15)25)19(30)13-6-4-7-14(17(13)21)20(22,23)24/h3-8,12,15,25H,9-10,26H2,1-2H3. The molecule has 0 aliphatic carbocycles. The second-order valence-corrected chi connectivity index (χ2v) is 7.14. The summed E-state index contributed by atoms with van der Waals surface area (Å²) < 4.78 is 53.3.